The fourth-order valence-corrected chi connectivity index (χ4v) is 5.86. The van der Waals surface area contributed by atoms with Crippen LogP contribution in [0, 0.1) is 11.8 Å². The number of imide groups is 1. The zero-order valence-electron chi connectivity index (χ0n) is 16.2. The molecule has 6 nitrogen and oxygen atoms in total. The van der Waals surface area contributed by atoms with Gasteiger partial charge in [-0.05, 0) is 42.0 Å². The monoisotopic (exact) mass is 430 g/mol. The second kappa shape index (κ2) is 7.93. The van der Waals surface area contributed by atoms with Crippen LogP contribution in [0.3, 0.4) is 0 Å². The third-order valence-electron chi connectivity index (χ3n) is 5.77. The molecule has 152 valence electrons. The molecular weight excluding hydrogens is 408 g/mol. The molecule has 2 fully saturated rings. The molecule has 29 heavy (non-hydrogen) atoms. The van der Waals surface area contributed by atoms with Gasteiger partial charge in [0.2, 0.25) is 11.8 Å². The third kappa shape index (κ3) is 3.10. The number of thioether (sulfide) groups is 1. The number of amides is 2. The first-order valence-electron chi connectivity index (χ1n) is 9.36. The molecule has 0 unspecified atom stereocenters. The largest absolute Gasteiger partial charge is 0.468 e. The first-order chi connectivity index (χ1) is 14.0. The molecule has 0 saturated carbocycles. The van der Waals surface area contributed by atoms with Gasteiger partial charge >= 0.3 is 5.97 Å². The highest BCUT2D eigenvalue weighted by molar-refractivity contribution is 7.98. The van der Waals surface area contributed by atoms with Crippen LogP contribution in [0.5, 0.6) is 0 Å². The van der Waals surface area contributed by atoms with Gasteiger partial charge in [-0.25, -0.2) is 4.90 Å². The summed E-state index contributed by atoms with van der Waals surface area (Å²) in [6, 6.07) is 12.3. The van der Waals surface area contributed by atoms with Crippen molar-refractivity contribution in [2.45, 2.75) is 18.0 Å². The van der Waals surface area contributed by atoms with Crippen molar-refractivity contribution in [1.82, 2.24) is 5.32 Å². The van der Waals surface area contributed by atoms with Crippen LogP contribution in [0.25, 0.3) is 0 Å². The lowest BCUT2D eigenvalue weighted by Crippen LogP contribution is -2.56. The maximum atomic E-state index is 13.6. The minimum atomic E-state index is -1.23. The van der Waals surface area contributed by atoms with Gasteiger partial charge in [-0.2, -0.15) is 11.8 Å². The molecule has 3 heterocycles. The van der Waals surface area contributed by atoms with Gasteiger partial charge in [-0.1, -0.05) is 24.3 Å². The molecule has 4 atom stereocenters. The molecule has 4 rings (SSSR count). The number of nitrogens with zero attached hydrogens (tertiary/aromatic N) is 1. The van der Waals surface area contributed by atoms with E-state index in [1.165, 1.54) is 23.3 Å². The smallest absolute Gasteiger partial charge is 0.326 e. The van der Waals surface area contributed by atoms with E-state index in [0.717, 1.165) is 4.88 Å². The zero-order chi connectivity index (χ0) is 20.6. The molecule has 0 spiro atoms. The molecule has 1 aromatic heterocycles. The van der Waals surface area contributed by atoms with Crippen LogP contribution in [-0.2, 0) is 19.1 Å². The van der Waals surface area contributed by atoms with E-state index in [2.05, 4.69) is 5.32 Å². The summed E-state index contributed by atoms with van der Waals surface area (Å²) in [5.74, 6) is -1.90. The van der Waals surface area contributed by atoms with Crippen LogP contribution >= 0.6 is 23.1 Å². The fourth-order valence-electron chi connectivity index (χ4n) is 4.51. The lowest BCUT2D eigenvalue weighted by Gasteiger charge is -2.32. The summed E-state index contributed by atoms with van der Waals surface area (Å²) in [7, 11) is 1.33. The molecular formula is C21H22N2O4S2. The number of nitrogens with one attached hydrogen (secondary N) is 1. The van der Waals surface area contributed by atoms with Gasteiger partial charge in [0.25, 0.3) is 0 Å². The highest BCUT2D eigenvalue weighted by Gasteiger charge is 2.68. The van der Waals surface area contributed by atoms with E-state index in [-0.39, 0.29) is 11.8 Å². The maximum Gasteiger partial charge on any atom is 0.326 e. The number of ether oxygens (including phenoxy) is 1. The minimum Gasteiger partial charge on any atom is -0.468 e. The average Bonchev–Trinajstić information content (AvgIpc) is 3.44. The molecule has 2 amide bonds. The normalized spacial score (nSPS) is 28.6. The van der Waals surface area contributed by atoms with Crippen LogP contribution < -0.4 is 10.2 Å². The quantitative estimate of drug-likeness (QED) is 0.561. The number of carbonyl (C=O) groups excluding carboxylic acids is 3. The lowest BCUT2D eigenvalue weighted by molar-refractivity contribution is -0.152. The predicted octanol–water partition coefficient (Wildman–Crippen LogP) is 2.86. The van der Waals surface area contributed by atoms with Crippen LogP contribution in [-0.4, -0.2) is 42.4 Å². The molecule has 1 aromatic carbocycles. The van der Waals surface area contributed by atoms with E-state index in [1.54, 1.807) is 36.0 Å². The molecule has 2 saturated heterocycles. The van der Waals surface area contributed by atoms with Crippen LogP contribution in [0.4, 0.5) is 5.69 Å². The number of thiophene rings is 1. The molecule has 2 aliphatic heterocycles. The van der Waals surface area contributed by atoms with Crippen molar-refractivity contribution in [3.63, 3.8) is 0 Å². The topological polar surface area (TPSA) is 75.7 Å². The summed E-state index contributed by atoms with van der Waals surface area (Å²) < 4.78 is 5.14. The Morgan fingerprint density at radius 2 is 1.97 bits per heavy atom. The Kier molecular flexibility index (Phi) is 5.50. The summed E-state index contributed by atoms with van der Waals surface area (Å²) in [4.78, 5) is 42.3. The number of para-hydroxylation sites is 1. The van der Waals surface area contributed by atoms with Gasteiger partial charge in [0.05, 0.1) is 30.7 Å². The number of fused-ring (bicyclic) bond motifs is 1. The van der Waals surface area contributed by atoms with Gasteiger partial charge in [0.1, 0.15) is 5.54 Å². The van der Waals surface area contributed by atoms with Crippen molar-refractivity contribution in [2.24, 2.45) is 11.8 Å². The second-order valence-electron chi connectivity index (χ2n) is 7.19. The maximum absolute atomic E-state index is 13.6. The third-order valence-corrected chi connectivity index (χ3v) is 7.34. The Labute approximate surface area is 177 Å². The van der Waals surface area contributed by atoms with Crippen LogP contribution in [0.2, 0.25) is 0 Å². The van der Waals surface area contributed by atoms with E-state index in [9.17, 15) is 14.4 Å². The fraction of sp³-hybridized carbons (Fsp3) is 0.381. The van der Waals surface area contributed by atoms with Crippen molar-refractivity contribution < 1.29 is 19.1 Å². The van der Waals surface area contributed by atoms with E-state index >= 15 is 0 Å². The van der Waals surface area contributed by atoms with E-state index in [1.807, 2.05) is 29.8 Å². The Balaban J connectivity index is 1.84. The average molecular weight is 431 g/mol. The molecule has 0 aliphatic carbocycles. The van der Waals surface area contributed by atoms with Gasteiger partial charge < -0.3 is 4.74 Å². The molecule has 0 radical (unpaired) electrons. The second-order valence-corrected chi connectivity index (χ2v) is 9.16. The number of benzene rings is 1. The number of hydrogen-bond acceptors (Lipinski definition) is 7. The Bertz CT molecular complexity index is 918. The Morgan fingerprint density at radius 3 is 2.59 bits per heavy atom. The molecule has 2 aromatic rings. The van der Waals surface area contributed by atoms with Gasteiger partial charge in [0.15, 0.2) is 0 Å². The molecule has 0 bridgehead atoms. The van der Waals surface area contributed by atoms with E-state index in [0.29, 0.717) is 17.9 Å². The van der Waals surface area contributed by atoms with E-state index < -0.39 is 29.4 Å². The van der Waals surface area contributed by atoms with Crippen molar-refractivity contribution >= 4 is 46.6 Å². The predicted molar refractivity (Wildman–Crippen MR) is 114 cm³/mol. The van der Waals surface area contributed by atoms with Crippen LogP contribution in [0.1, 0.15) is 17.3 Å². The lowest BCUT2D eigenvalue weighted by atomic mass is 9.78. The summed E-state index contributed by atoms with van der Waals surface area (Å²) in [5, 5.41) is 5.31. The van der Waals surface area contributed by atoms with Crippen molar-refractivity contribution in [3.8, 4) is 0 Å². The first-order valence-corrected chi connectivity index (χ1v) is 11.6. The SMILES string of the molecule is COC(=O)[C@]1(CCSC)N[C@@H](c2cccs2)[C@H]2C(=O)N(c3ccccc3)C(=O)[C@@H]21. The number of anilines is 1. The van der Waals surface area contributed by atoms with Gasteiger partial charge in [0, 0.05) is 4.88 Å². The summed E-state index contributed by atoms with van der Waals surface area (Å²) in [6.45, 7) is 0. The highest BCUT2D eigenvalue weighted by Crippen LogP contribution is 2.52. The molecule has 8 heteroatoms. The summed E-state index contributed by atoms with van der Waals surface area (Å²) in [5.41, 5.74) is -0.696. The number of methoxy groups -OCH3 is 1. The van der Waals surface area contributed by atoms with Crippen LogP contribution in [0.15, 0.2) is 47.8 Å². The van der Waals surface area contributed by atoms with Gasteiger partial charge in [-0.15, -0.1) is 11.3 Å². The summed E-state index contributed by atoms with van der Waals surface area (Å²) in [6.07, 6.45) is 2.36. The number of esters is 1. The first kappa shape index (κ1) is 20.1. The van der Waals surface area contributed by atoms with Crippen molar-refractivity contribution in [2.75, 3.05) is 24.0 Å². The zero-order valence-corrected chi connectivity index (χ0v) is 17.8. The van der Waals surface area contributed by atoms with Gasteiger partial charge in [-0.3, -0.25) is 19.7 Å². The van der Waals surface area contributed by atoms with Crippen molar-refractivity contribution in [3.05, 3.63) is 52.7 Å². The van der Waals surface area contributed by atoms with E-state index in [4.69, 9.17) is 4.74 Å². The minimum absolute atomic E-state index is 0.271. The number of hydrogen-bond donors (Lipinski definition) is 1. The Morgan fingerprint density at radius 1 is 1.21 bits per heavy atom. The number of rotatable bonds is 6. The molecule has 2 aliphatic rings. The Hall–Kier alpha value is -2.16. The number of carbonyl (C=O) groups is 3. The standard InChI is InChI=1S/C21H22N2O4S2/c1-27-20(26)21(10-12-28-2)16-15(17(22-21)14-9-6-11-29-14)18(24)23(19(16)25)13-7-4-3-5-8-13/h3-9,11,15-17,22H,10,12H2,1-2H3/t15-,16+,17-,21+/m0/s1. The van der Waals surface area contributed by atoms with Crippen molar-refractivity contribution in [1.29, 1.82) is 0 Å². The highest BCUT2D eigenvalue weighted by atomic mass is 32.2. The summed E-state index contributed by atoms with van der Waals surface area (Å²) >= 11 is 3.10. The molecule has 1 N–H and O–H groups in total.